The largest absolute Gasteiger partial charge is 0.508 e. The molecule has 1 aromatic heterocycles. The molecule has 0 amide bonds. The van der Waals surface area contributed by atoms with Gasteiger partial charge in [-0.1, -0.05) is 13.0 Å². The zero-order chi connectivity index (χ0) is 22.7. The van der Waals surface area contributed by atoms with Gasteiger partial charge in [0.05, 0.1) is 0 Å². The van der Waals surface area contributed by atoms with Crippen molar-refractivity contribution in [2.75, 3.05) is 0 Å². The van der Waals surface area contributed by atoms with E-state index in [1.807, 2.05) is 24.3 Å². The van der Waals surface area contributed by atoms with Crippen molar-refractivity contribution in [3.8, 4) is 5.75 Å². The molecule has 2 aromatic rings. The van der Waals surface area contributed by atoms with E-state index in [1.165, 1.54) is 16.0 Å². The topological polar surface area (TPSA) is 57.5 Å². The Morgan fingerprint density at radius 2 is 2.00 bits per heavy atom. The first-order chi connectivity index (χ1) is 15.2. The van der Waals surface area contributed by atoms with Crippen LogP contribution in [0.15, 0.2) is 36.4 Å². The number of fused-ring (bicyclic) bond motifs is 5. The van der Waals surface area contributed by atoms with Gasteiger partial charge in [0.15, 0.2) is 5.78 Å². The maximum absolute atomic E-state index is 13.2. The van der Waals surface area contributed by atoms with Gasteiger partial charge in [-0.25, -0.2) is 0 Å². The minimum atomic E-state index is -1.34. The van der Waals surface area contributed by atoms with Crippen molar-refractivity contribution >= 4 is 23.2 Å². The molecule has 2 fully saturated rings. The molecular weight excluding hydrogens is 416 g/mol. The molecule has 32 heavy (non-hydrogen) atoms. The van der Waals surface area contributed by atoms with Gasteiger partial charge in [-0.2, -0.15) is 0 Å². The first kappa shape index (κ1) is 21.9. The van der Waals surface area contributed by atoms with Crippen LogP contribution in [0, 0.1) is 30.1 Å². The Hall–Kier alpha value is -1.91. The quantitative estimate of drug-likeness (QED) is 0.540. The van der Waals surface area contributed by atoms with Gasteiger partial charge in [-0.05, 0) is 123 Å². The lowest BCUT2D eigenvalue weighted by Gasteiger charge is -2.52. The van der Waals surface area contributed by atoms with Gasteiger partial charge in [0.25, 0.3) is 0 Å². The van der Waals surface area contributed by atoms with E-state index >= 15 is 0 Å². The summed E-state index contributed by atoms with van der Waals surface area (Å²) >= 11 is 1.66. The molecule has 6 atom stereocenters. The van der Waals surface area contributed by atoms with E-state index in [0.29, 0.717) is 23.5 Å². The van der Waals surface area contributed by atoms with Crippen LogP contribution in [0.4, 0.5) is 0 Å². The van der Waals surface area contributed by atoms with Crippen molar-refractivity contribution in [2.24, 2.45) is 23.2 Å². The summed E-state index contributed by atoms with van der Waals surface area (Å²) in [5.41, 5.74) is 1.38. The molecule has 3 aliphatic carbocycles. The fourth-order valence-electron chi connectivity index (χ4n) is 7.53. The SMILES string of the molecule is Cc1ccc(/C=C/C(=O)[C@](C)(O)C2CC[C@H]3[C@@H]4CCc5cc(O)ccc5[C@H]4CC[C@]23C)s1. The molecule has 1 heterocycles. The van der Waals surface area contributed by atoms with Crippen LogP contribution in [0.1, 0.15) is 72.8 Å². The van der Waals surface area contributed by atoms with Crippen molar-refractivity contribution in [3.63, 3.8) is 0 Å². The molecule has 0 bridgehead atoms. The maximum Gasteiger partial charge on any atom is 0.187 e. The zero-order valence-corrected chi connectivity index (χ0v) is 20.1. The van der Waals surface area contributed by atoms with Crippen LogP contribution in [0.5, 0.6) is 5.75 Å². The average Bonchev–Trinajstić information content (AvgIpc) is 3.34. The summed E-state index contributed by atoms with van der Waals surface area (Å²) in [6.07, 6.45) is 9.75. The molecule has 3 aliphatic rings. The van der Waals surface area contributed by atoms with Gasteiger partial charge in [-0.3, -0.25) is 4.79 Å². The molecular formula is C28H34O3S. The number of thiophene rings is 1. The Kier molecular flexibility index (Phi) is 5.37. The second-order valence-electron chi connectivity index (χ2n) is 10.8. The number of aryl methyl sites for hydroxylation is 2. The maximum atomic E-state index is 13.2. The summed E-state index contributed by atoms with van der Waals surface area (Å²) in [6.45, 7) is 6.15. The number of phenols is 1. The van der Waals surface area contributed by atoms with Crippen LogP contribution in [-0.2, 0) is 11.2 Å². The second-order valence-corrected chi connectivity index (χ2v) is 12.1. The number of aromatic hydroxyl groups is 1. The lowest BCUT2D eigenvalue weighted by Crippen LogP contribution is -2.51. The molecule has 3 nitrogen and oxygen atoms in total. The molecule has 0 aliphatic heterocycles. The van der Waals surface area contributed by atoms with Crippen molar-refractivity contribution in [2.45, 2.75) is 70.8 Å². The molecule has 2 N–H and O–H groups in total. The molecule has 170 valence electrons. The monoisotopic (exact) mass is 450 g/mol. The number of carbonyl (C=O) groups is 1. The number of rotatable bonds is 4. The number of benzene rings is 1. The van der Waals surface area contributed by atoms with Crippen molar-refractivity contribution < 1.29 is 15.0 Å². The highest BCUT2D eigenvalue weighted by atomic mass is 32.1. The Labute approximate surface area is 195 Å². The molecule has 0 saturated heterocycles. The Balaban J connectivity index is 1.38. The summed E-state index contributed by atoms with van der Waals surface area (Å²) in [5.74, 6) is 1.87. The minimum absolute atomic E-state index is 0.00983. The average molecular weight is 451 g/mol. The first-order valence-electron chi connectivity index (χ1n) is 12.0. The first-order valence-corrected chi connectivity index (χ1v) is 12.8. The van der Waals surface area contributed by atoms with Gasteiger partial charge < -0.3 is 10.2 Å². The minimum Gasteiger partial charge on any atom is -0.508 e. The number of hydrogen-bond donors (Lipinski definition) is 2. The van der Waals surface area contributed by atoms with Crippen LogP contribution in [-0.4, -0.2) is 21.6 Å². The Morgan fingerprint density at radius 1 is 1.19 bits per heavy atom. The van der Waals surface area contributed by atoms with Crippen LogP contribution in [0.2, 0.25) is 0 Å². The van der Waals surface area contributed by atoms with E-state index in [-0.39, 0.29) is 17.1 Å². The van der Waals surface area contributed by atoms with Crippen molar-refractivity contribution in [3.05, 3.63) is 57.3 Å². The van der Waals surface area contributed by atoms with Crippen LogP contribution < -0.4 is 0 Å². The molecule has 2 saturated carbocycles. The molecule has 1 aromatic carbocycles. The van der Waals surface area contributed by atoms with Gasteiger partial charge in [0.2, 0.25) is 0 Å². The number of carbonyl (C=O) groups excluding carboxylic acids is 1. The molecule has 0 spiro atoms. The molecule has 1 unspecified atom stereocenters. The number of aliphatic hydroxyl groups is 1. The summed E-state index contributed by atoms with van der Waals surface area (Å²) < 4.78 is 0. The Morgan fingerprint density at radius 3 is 2.75 bits per heavy atom. The van der Waals surface area contributed by atoms with E-state index in [9.17, 15) is 15.0 Å². The fraction of sp³-hybridized carbons (Fsp3) is 0.536. The van der Waals surface area contributed by atoms with Crippen LogP contribution in [0.25, 0.3) is 6.08 Å². The smallest absolute Gasteiger partial charge is 0.187 e. The molecule has 0 radical (unpaired) electrons. The van der Waals surface area contributed by atoms with Crippen LogP contribution in [0.3, 0.4) is 0 Å². The number of ketones is 1. The van der Waals surface area contributed by atoms with Crippen molar-refractivity contribution in [1.82, 2.24) is 0 Å². The summed E-state index contributed by atoms with van der Waals surface area (Å²) in [7, 11) is 0. The summed E-state index contributed by atoms with van der Waals surface area (Å²) in [6, 6.07) is 9.98. The third-order valence-electron chi connectivity index (χ3n) is 9.05. The van der Waals surface area contributed by atoms with Gasteiger partial charge in [0.1, 0.15) is 11.4 Å². The predicted octanol–water partition coefficient (Wildman–Crippen LogP) is 6.27. The van der Waals surface area contributed by atoms with Gasteiger partial charge >= 0.3 is 0 Å². The van der Waals surface area contributed by atoms with E-state index < -0.39 is 5.60 Å². The standard InChI is InChI=1S/C28H34O3S/c1-17-4-7-20(32-17)8-13-26(30)28(3,31)25-12-11-24-23-9-5-18-16-19(29)6-10-21(18)22(23)14-15-27(24,25)2/h4,6-8,10,13,16,22-25,29,31H,5,9,11-12,14-15H2,1-3H3/b13-8+/t22-,23-,24+,25?,27+,28-/m1/s1. The normalized spacial score (nSPS) is 33.4. The van der Waals surface area contributed by atoms with E-state index in [1.54, 1.807) is 24.3 Å². The van der Waals surface area contributed by atoms with Crippen LogP contribution >= 0.6 is 11.3 Å². The summed E-state index contributed by atoms with van der Waals surface area (Å²) in [5, 5.41) is 21.4. The van der Waals surface area contributed by atoms with E-state index in [4.69, 9.17) is 0 Å². The van der Waals surface area contributed by atoms with E-state index in [2.05, 4.69) is 26.0 Å². The van der Waals surface area contributed by atoms with Gasteiger partial charge in [0, 0.05) is 15.7 Å². The van der Waals surface area contributed by atoms with Gasteiger partial charge in [-0.15, -0.1) is 11.3 Å². The highest BCUT2D eigenvalue weighted by molar-refractivity contribution is 7.12. The lowest BCUT2D eigenvalue weighted by molar-refractivity contribution is -0.144. The highest BCUT2D eigenvalue weighted by Gasteiger charge is 2.60. The third kappa shape index (κ3) is 3.47. The number of phenolic OH excluding ortho intramolecular Hbond substituents is 1. The Bertz CT molecular complexity index is 1060. The molecule has 5 rings (SSSR count). The lowest BCUT2D eigenvalue weighted by atomic mass is 9.52. The van der Waals surface area contributed by atoms with Crippen molar-refractivity contribution in [1.29, 1.82) is 0 Å². The highest BCUT2D eigenvalue weighted by Crippen LogP contribution is 2.65. The predicted molar refractivity (Wildman–Crippen MR) is 130 cm³/mol. The number of hydrogen-bond acceptors (Lipinski definition) is 4. The third-order valence-corrected chi connectivity index (χ3v) is 10.0. The van der Waals surface area contributed by atoms with E-state index in [0.717, 1.165) is 43.4 Å². The summed E-state index contributed by atoms with van der Waals surface area (Å²) in [4.78, 5) is 15.4. The second kappa shape index (κ2) is 7.85. The molecule has 4 heteroatoms. The fourth-order valence-corrected chi connectivity index (χ4v) is 8.31. The zero-order valence-electron chi connectivity index (χ0n) is 19.3.